The quantitative estimate of drug-likeness (QED) is 0.604. The Hall–Kier alpha value is -2.64. The van der Waals surface area contributed by atoms with Gasteiger partial charge in [-0.25, -0.2) is 8.42 Å². The number of hydrogen-bond acceptors (Lipinski definition) is 4. The van der Waals surface area contributed by atoms with Crippen molar-refractivity contribution in [3.05, 3.63) is 65.7 Å². The Morgan fingerprint density at radius 3 is 2.21 bits per heavy atom. The number of amides is 1. The summed E-state index contributed by atoms with van der Waals surface area (Å²) in [5, 5.41) is 2.84. The van der Waals surface area contributed by atoms with Crippen LogP contribution >= 0.6 is 0 Å². The van der Waals surface area contributed by atoms with Crippen LogP contribution in [-0.4, -0.2) is 45.4 Å². The molecule has 1 amide bonds. The molecule has 0 fully saturated rings. The lowest BCUT2D eigenvalue weighted by atomic mass is 10.1. The second-order valence-electron chi connectivity index (χ2n) is 6.38. The lowest BCUT2D eigenvalue weighted by molar-refractivity contribution is -0.116. The molecule has 2 aromatic rings. The van der Waals surface area contributed by atoms with Gasteiger partial charge in [-0.1, -0.05) is 38.1 Å². The van der Waals surface area contributed by atoms with Crippen LogP contribution in [0.3, 0.4) is 0 Å². The minimum atomic E-state index is -3.47. The molecule has 7 heteroatoms. The molecule has 0 aromatic heterocycles. The summed E-state index contributed by atoms with van der Waals surface area (Å²) in [5.41, 5.74) is 1.87. The van der Waals surface area contributed by atoms with Crippen LogP contribution in [-0.2, 0) is 21.2 Å². The number of ether oxygens (including phenoxy) is 1. The zero-order valence-corrected chi connectivity index (χ0v) is 17.9. The van der Waals surface area contributed by atoms with Gasteiger partial charge in [0.15, 0.2) is 0 Å². The van der Waals surface area contributed by atoms with Gasteiger partial charge in [0.25, 0.3) is 0 Å². The summed E-state index contributed by atoms with van der Waals surface area (Å²) in [7, 11) is -1.85. The second-order valence-corrected chi connectivity index (χ2v) is 8.32. The molecule has 0 heterocycles. The van der Waals surface area contributed by atoms with Crippen LogP contribution in [0.15, 0.2) is 59.5 Å². The van der Waals surface area contributed by atoms with Crippen molar-refractivity contribution in [1.29, 1.82) is 0 Å². The van der Waals surface area contributed by atoms with Crippen LogP contribution < -0.4 is 10.1 Å². The van der Waals surface area contributed by atoms with Gasteiger partial charge < -0.3 is 10.1 Å². The summed E-state index contributed by atoms with van der Waals surface area (Å²) >= 11 is 0. The molecule has 156 valence electrons. The van der Waals surface area contributed by atoms with E-state index in [1.54, 1.807) is 37.5 Å². The van der Waals surface area contributed by atoms with E-state index in [0.29, 0.717) is 19.6 Å². The van der Waals surface area contributed by atoms with Gasteiger partial charge >= 0.3 is 0 Å². The first-order valence-electron chi connectivity index (χ1n) is 9.59. The summed E-state index contributed by atoms with van der Waals surface area (Å²) in [6.45, 7) is 5.00. The molecule has 0 aliphatic heterocycles. The van der Waals surface area contributed by atoms with Gasteiger partial charge in [0.2, 0.25) is 15.9 Å². The highest BCUT2D eigenvalue weighted by Crippen LogP contribution is 2.16. The lowest BCUT2D eigenvalue weighted by Gasteiger charge is -2.18. The summed E-state index contributed by atoms with van der Waals surface area (Å²) in [6.07, 6.45) is 3.83. The predicted octanol–water partition coefficient (Wildman–Crippen LogP) is 3.10. The highest BCUT2D eigenvalue weighted by atomic mass is 32.2. The molecule has 2 aromatic carbocycles. The maximum Gasteiger partial charge on any atom is 0.244 e. The third-order valence-electron chi connectivity index (χ3n) is 4.52. The van der Waals surface area contributed by atoms with Crippen LogP contribution in [0.1, 0.15) is 25.0 Å². The average molecular weight is 417 g/mol. The van der Waals surface area contributed by atoms with E-state index >= 15 is 0 Å². The van der Waals surface area contributed by atoms with Gasteiger partial charge in [0.1, 0.15) is 5.75 Å². The Balaban J connectivity index is 1.88. The van der Waals surface area contributed by atoms with Gasteiger partial charge in [-0.3, -0.25) is 4.79 Å². The monoisotopic (exact) mass is 416 g/mol. The van der Waals surface area contributed by atoms with Crippen LogP contribution in [0.5, 0.6) is 5.75 Å². The first-order chi connectivity index (χ1) is 13.9. The number of carbonyl (C=O) groups excluding carboxylic acids is 1. The standard InChI is InChI=1S/C22H28N2O4S/c1-4-24(5-2)29(26,27)21-13-8-18(9-14-21)10-15-22(25)23-17-16-19-6-11-20(28-3)12-7-19/h6-15H,4-5,16-17H2,1-3H3,(H,23,25). The van der Waals surface area contributed by atoms with Gasteiger partial charge in [0, 0.05) is 25.7 Å². The number of hydrogen-bond donors (Lipinski definition) is 1. The van der Waals surface area contributed by atoms with Crippen LogP contribution in [0.2, 0.25) is 0 Å². The molecule has 0 bridgehead atoms. The van der Waals surface area contributed by atoms with E-state index in [-0.39, 0.29) is 10.8 Å². The number of methoxy groups -OCH3 is 1. The van der Waals surface area contributed by atoms with E-state index < -0.39 is 10.0 Å². The highest BCUT2D eigenvalue weighted by Gasteiger charge is 2.20. The van der Waals surface area contributed by atoms with Crippen molar-refractivity contribution in [3.8, 4) is 5.75 Å². The fraction of sp³-hybridized carbons (Fsp3) is 0.318. The van der Waals surface area contributed by atoms with Crippen molar-refractivity contribution in [2.75, 3.05) is 26.7 Å². The molecule has 0 radical (unpaired) electrons. The Bertz CT molecular complexity index is 916. The van der Waals surface area contributed by atoms with Gasteiger partial charge in [0.05, 0.1) is 12.0 Å². The molecule has 0 saturated carbocycles. The Morgan fingerprint density at radius 2 is 1.66 bits per heavy atom. The van der Waals surface area contributed by atoms with Gasteiger partial charge in [-0.05, 0) is 47.9 Å². The molecule has 0 spiro atoms. The summed E-state index contributed by atoms with van der Waals surface area (Å²) in [6, 6.07) is 14.2. The summed E-state index contributed by atoms with van der Waals surface area (Å²) in [5.74, 6) is 0.606. The van der Waals surface area contributed by atoms with Crippen LogP contribution in [0.4, 0.5) is 0 Å². The summed E-state index contributed by atoms with van der Waals surface area (Å²) < 4.78 is 31.5. The van der Waals surface area contributed by atoms with Gasteiger partial charge in [-0.2, -0.15) is 4.31 Å². The third kappa shape index (κ3) is 6.44. The minimum absolute atomic E-state index is 0.196. The smallest absolute Gasteiger partial charge is 0.244 e. The van der Waals surface area contributed by atoms with E-state index in [4.69, 9.17) is 4.74 Å². The number of nitrogens with zero attached hydrogens (tertiary/aromatic N) is 1. The summed E-state index contributed by atoms with van der Waals surface area (Å²) in [4.78, 5) is 12.2. The normalized spacial score (nSPS) is 11.7. The topological polar surface area (TPSA) is 75.7 Å². The first-order valence-corrected chi connectivity index (χ1v) is 11.0. The fourth-order valence-corrected chi connectivity index (χ4v) is 4.27. The molecule has 2 rings (SSSR count). The maximum absolute atomic E-state index is 12.5. The number of nitrogens with one attached hydrogen (secondary N) is 1. The average Bonchev–Trinajstić information content (AvgIpc) is 2.73. The number of benzene rings is 2. The van der Waals surface area contributed by atoms with Crippen molar-refractivity contribution < 1.29 is 17.9 Å². The van der Waals surface area contributed by atoms with Crippen molar-refractivity contribution in [1.82, 2.24) is 9.62 Å². The molecule has 0 unspecified atom stereocenters. The van der Waals surface area contributed by atoms with E-state index in [1.165, 1.54) is 10.4 Å². The molecular weight excluding hydrogens is 388 g/mol. The van der Waals surface area contributed by atoms with E-state index in [9.17, 15) is 13.2 Å². The van der Waals surface area contributed by atoms with Crippen LogP contribution in [0.25, 0.3) is 6.08 Å². The maximum atomic E-state index is 12.5. The van der Waals surface area contributed by atoms with Crippen LogP contribution in [0, 0.1) is 0 Å². The molecule has 0 saturated heterocycles. The highest BCUT2D eigenvalue weighted by molar-refractivity contribution is 7.89. The Kier molecular flexibility index (Phi) is 8.42. The fourth-order valence-electron chi connectivity index (χ4n) is 2.82. The molecule has 29 heavy (non-hydrogen) atoms. The van der Waals surface area contributed by atoms with E-state index in [0.717, 1.165) is 23.3 Å². The van der Waals surface area contributed by atoms with Gasteiger partial charge in [-0.15, -0.1) is 0 Å². The zero-order chi connectivity index (χ0) is 21.3. The molecule has 0 aliphatic carbocycles. The second kappa shape index (κ2) is 10.8. The first kappa shape index (κ1) is 22.6. The van der Waals surface area contributed by atoms with Crippen molar-refractivity contribution in [3.63, 3.8) is 0 Å². The molecule has 1 N–H and O–H groups in total. The van der Waals surface area contributed by atoms with Crippen molar-refractivity contribution in [2.45, 2.75) is 25.2 Å². The Morgan fingerprint density at radius 1 is 1.03 bits per heavy atom. The number of rotatable bonds is 10. The SMILES string of the molecule is CCN(CC)S(=O)(=O)c1ccc(C=CC(=O)NCCc2ccc(OC)cc2)cc1. The van der Waals surface area contributed by atoms with E-state index in [2.05, 4.69) is 5.32 Å². The molecule has 6 nitrogen and oxygen atoms in total. The van der Waals surface area contributed by atoms with Crippen molar-refractivity contribution in [2.24, 2.45) is 0 Å². The predicted molar refractivity (Wildman–Crippen MR) is 115 cm³/mol. The number of carbonyl (C=O) groups is 1. The number of sulfonamides is 1. The molecule has 0 aliphatic rings. The third-order valence-corrected chi connectivity index (χ3v) is 6.59. The molecular formula is C22H28N2O4S. The minimum Gasteiger partial charge on any atom is -0.497 e. The largest absolute Gasteiger partial charge is 0.497 e. The van der Waals surface area contributed by atoms with E-state index in [1.807, 2.05) is 38.1 Å². The Labute approximate surface area is 173 Å². The zero-order valence-electron chi connectivity index (χ0n) is 17.1. The molecule has 0 atom stereocenters. The lowest BCUT2D eigenvalue weighted by Crippen LogP contribution is -2.30. The van der Waals surface area contributed by atoms with Crippen molar-refractivity contribution >= 4 is 22.0 Å².